The number of nitrogens with two attached hydrogens (primary N) is 1. The number of nitrogen functional groups attached to an aromatic ring is 1. The predicted octanol–water partition coefficient (Wildman–Crippen LogP) is 1.71. The number of hydrogen-bond donors (Lipinski definition) is 1. The Morgan fingerprint density at radius 2 is 1.95 bits per heavy atom. The first kappa shape index (κ1) is 12.9. The van der Waals surface area contributed by atoms with Crippen LogP contribution in [0.1, 0.15) is 12.0 Å². The molecule has 20 heavy (non-hydrogen) atoms. The van der Waals surface area contributed by atoms with Gasteiger partial charge in [-0.3, -0.25) is 4.90 Å². The summed E-state index contributed by atoms with van der Waals surface area (Å²) in [6.07, 6.45) is 4.29. The van der Waals surface area contributed by atoms with Crippen molar-refractivity contribution in [2.75, 3.05) is 18.8 Å². The molecule has 5 nitrogen and oxygen atoms in total. The van der Waals surface area contributed by atoms with Gasteiger partial charge in [-0.25, -0.2) is 9.97 Å². The Hall–Kier alpha value is -2.14. The van der Waals surface area contributed by atoms with Crippen LogP contribution in [-0.2, 0) is 6.54 Å². The van der Waals surface area contributed by atoms with Gasteiger partial charge in [-0.05, 0) is 12.0 Å². The van der Waals surface area contributed by atoms with Gasteiger partial charge in [0.2, 0.25) is 0 Å². The molecule has 0 amide bonds. The van der Waals surface area contributed by atoms with Crippen LogP contribution in [0.3, 0.4) is 0 Å². The standard InChI is InChI=1S/C15H18N4O/c16-13-8-17-15(18-9-13)20-14-6-7-19(11-14)10-12-4-2-1-3-5-12/h1-5,8-9,14H,6-7,10-11,16H2. The number of hydrogen-bond acceptors (Lipinski definition) is 5. The Kier molecular flexibility index (Phi) is 3.78. The molecule has 1 aliphatic heterocycles. The van der Waals surface area contributed by atoms with E-state index in [2.05, 4.69) is 39.1 Å². The largest absolute Gasteiger partial charge is 0.459 e. The van der Waals surface area contributed by atoms with E-state index in [0.29, 0.717) is 11.7 Å². The van der Waals surface area contributed by atoms with E-state index in [1.54, 1.807) is 12.4 Å². The molecule has 2 N–H and O–H groups in total. The summed E-state index contributed by atoms with van der Waals surface area (Å²) < 4.78 is 5.78. The zero-order valence-electron chi connectivity index (χ0n) is 11.3. The van der Waals surface area contributed by atoms with Crippen LogP contribution < -0.4 is 10.5 Å². The van der Waals surface area contributed by atoms with Crippen molar-refractivity contribution < 1.29 is 4.74 Å². The summed E-state index contributed by atoms with van der Waals surface area (Å²) in [7, 11) is 0. The molecule has 0 radical (unpaired) electrons. The molecule has 0 saturated carbocycles. The highest BCUT2D eigenvalue weighted by atomic mass is 16.5. The van der Waals surface area contributed by atoms with Gasteiger partial charge >= 0.3 is 6.01 Å². The van der Waals surface area contributed by atoms with Crippen LogP contribution in [0.4, 0.5) is 5.69 Å². The maximum absolute atomic E-state index is 5.78. The zero-order valence-corrected chi connectivity index (χ0v) is 11.3. The van der Waals surface area contributed by atoms with Gasteiger partial charge in [-0.1, -0.05) is 30.3 Å². The molecule has 5 heteroatoms. The van der Waals surface area contributed by atoms with E-state index < -0.39 is 0 Å². The minimum absolute atomic E-state index is 0.155. The molecule has 0 aliphatic carbocycles. The van der Waals surface area contributed by atoms with E-state index in [4.69, 9.17) is 10.5 Å². The van der Waals surface area contributed by atoms with E-state index >= 15 is 0 Å². The first-order chi connectivity index (χ1) is 9.79. The molecule has 1 aliphatic rings. The molecule has 0 spiro atoms. The smallest absolute Gasteiger partial charge is 0.316 e. The molecule has 1 saturated heterocycles. The lowest BCUT2D eigenvalue weighted by atomic mass is 10.2. The van der Waals surface area contributed by atoms with E-state index in [1.807, 2.05) is 6.07 Å². The number of anilines is 1. The average molecular weight is 270 g/mol. The summed E-state index contributed by atoms with van der Waals surface area (Å²) in [4.78, 5) is 10.5. The van der Waals surface area contributed by atoms with Crippen LogP contribution >= 0.6 is 0 Å². The van der Waals surface area contributed by atoms with Gasteiger partial charge in [0, 0.05) is 19.6 Å². The van der Waals surface area contributed by atoms with Gasteiger partial charge in [0.25, 0.3) is 0 Å². The number of aromatic nitrogens is 2. The second-order valence-electron chi connectivity index (χ2n) is 5.05. The van der Waals surface area contributed by atoms with E-state index in [-0.39, 0.29) is 6.10 Å². The maximum atomic E-state index is 5.78. The van der Waals surface area contributed by atoms with Crippen LogP contribution in [0, 0.1) is 0 Å². The fourth-order valence-electron chi connectivity index (χ4n) is 2.41. The number of benzene rings is 1. The second-order valence-corrected chi connectivity index (χ2v) is 5.05. The number of nitrogens with zero attached hydrogens (tertiary/aromatic N) is 3. The molecule has 2 heterocycles. The summed E-state index contributed by atoms with van der Waals surface area (Å²) in [5, 5.41) is 0. The van der Waals surface area contributed by atoms with Crippen LogP contribution in [-0.4, -0.2) is 34.1 Å². The van der Waals surface area contributed by atoms with E-state index in [1.165, 1.54) is 5.56 Å². The molecule has 2 aromatic rings. The molecule has 104 valence electrons. The highest BCUT2D eigenvalue weighted by Gasteiger charge is 2.24. The predicted molar refractivity (Wildman–Crippen MR) is 77.2 cm³/mol. The third-order valence-corrected chi connectivity index (χ3v) is 3.40. The summed E-state index contributed by atoms with van der Waals surface area (Å²) in [5.74, 6) is 0. The Bertz CT molecular complexity index is 544. The molecule has 1 aromatic carbocycles. The van der Waals surface area contributed by atoms with Crippen LogP contribution in [0.25, 0.3) is 0 Å². The number of ether oxygens (including phenoxy) is 1. The first-order valence-corrected chi connectivity index (χ1v) is 6.80. The van der Waals surface area contributed by atoms with Crippen molar-refractivity contribution in [2.45, 2.75) is 19.1 Å². The highest BCUT2D eigenvalue weighted by Crippen LogP contribution is 2.17. The summed E-state index contributed by atoms with van der Waals surface area (Å²) in [5.41, 5.74) is 7.43. The van der Waals surface area contributed by atoms with Crippen molar-refractivity contribution in [1.29, 1.82) is 0 Å². The van der Waals surface area contributed by atoms with Crippen molar-refractivity contribution in [3.8, 4) is 6.01 Å². The van der Waals surface area contributed by atoms with Crippen molar-refractivity contribution in [3.63, 3.8) is 0 Å². The van der Waals surface area contributed by atoms with Crippen molar-refractivity contribution >= 4 is 5.69 Å². The summed E-state index contributed by atoms with van der Waals surface area (Å²) in [6.45, 7) is 2.90. The topological polar surface area (TPSA) is 64.3 Å². The minimum atomic E-state index is 0.155. The van der Waals surface area contributed by atoms with Gasteiger partial charge in [-0.15, -0.1) is 0 Å². The fraction of sp³-hybridized carbons (Fsp3) is 0.333. The Morgan fingerprint density at radius 3 is 2.70 bits per heavy atom. The lowest BCUT2D eigenvalue weighted by molar-refractivity contribution is 0.183. The number of likely N-dealkylation sites (tertiary alicyclic amines) is 1. The van der Waals surface area contributed by atoms with Crippen molar-refractivity contribution in [1.82, 2.24) is 14.9 Å². The lowest BCUT2D eigenvalue weighted by Gasteiger charge is -2.16. The molecular weight excluding hydrogens is 252 g/mol. The quantitative estimate of drug-likeness (QED) is 0.916. The molecule has 1 fully saturated rings. The lowest BCUT2D eigenvalue weighted by Crippen LogP contribution is -2.25. The van der Waals surface area contributed by atoms with Crippen molar-refractivity contribution in [2.24, 2.45) is 0 Å². The molecular formula is C15H18N4O. The Labute approximate surface area is 118 Å². The molecule has 1 aromatic heterocycles. The minimum Gasteiger partial charge on any atom is -0.459 e. The third kappa shape index (κ3) is 3.24. The van der Waals surface area contributed by atoms with Crippen molar-refractivity contribution in [3.05, 3.63) is 48.3 Å². The van der Waals surface area contributed by atoms with Crippen LogP contribution in [0.2, 0.25) is 0 Å². The first-order valence-electron chi connectivity index (χ1n) is 6.80. The monoisotopic (exact) mass is 270 g/mol. The summed E-state index contributed by atoms with van der Waals surface area (Å²) in [6, 6.07) is 10.9. The SMILES string of the molecule is Nc1cnc(OC2CCN(Cc3ccccc3)C2)nc1. The van der Waals surface area contributed by atoms with Gasteiger partial charge in [0.1, 0.15) is 6.10 Å². The average Bonchev–Trinajstić information content (AvgIpc) is 2.90. The normalized spacial score (nSPS) is 19.1. The van der Waals surface area contributed by atoms with Gasteiger partial charge < -0.3 is 10.5 Å². The fourth-order valence-corrected chi connectivity index (χ4v) is 2.41. The highest BCUT2D eigenvalue weighted by molar-refractivity contribution is 5.30. The number of rotatable bonds is 4. The second kappa shape index (κ2) is 5.88. The zero-order chi connectivity index (χ0) is 13.8. The molecule has 1 atom stereocenters. The Morgan fingerprint density at radius 1 is 1.20 bits per heavy atom. The molecule has 3 rings (SSSR count). The molecule has 0 bridgehead atoms. The van der Waals surface area contributed by atoms with E-state index in [0.717, 1.165) is 26.1 Å². The van der Waals surface area contributed by atoms with Crippen LogP contribution in [0.15, 0.2) is 42.7 Å². The Balaban J connectivity index is 1.53. The van der Waals surface area contributed by atoms with E-state index in [9.17, 15) is 0 Å². The summed E-state index contributed by atoms with van der Waals surface area (Å²) >= 11 is 0. The molecule has 1 unspecified atom stereocenters. The van der Waals surface area contributed by atoms with Gasteiger partial charge in [0.15, 0.2) is 0 Å². The van der Waals surface area contributed by atoms with Gasteiger partial charge in [0.05, 0.1) is 18.1 Å². The van der Waals surface area contributed by atoms with Gasteiger partial charge in [-0.2, -0.15) is 0 Å². The van der Waals surface area contributed by atoms with Crippen LogP contribution in [0.5, 0.6) is 6.01 Å². The third-order valence-electron chi connectivity index (χ3n) is 3.40. The maximum Gasteiger partial charge on any atom is 0.316 e.